The number of amides is 2. The van der Waals surface area contributed by atoms with Gasteiger partial charge in [0.05, 0.1) is 18.1 Å². The number of carbonyl (C=O) groups excluding carboxylic acids is 2. The Bertz CT molecular complexity index is 1010. The van der Waals surface area contributed by atoms with Crippen molar-refractivity contribution in [3.05, 3.63) is 46.2 Å². The predicted molar refractivity (Wildman–Crippen MR) is 117 cm³/mol. The van der Waals surface area contributed by atoms with Crippen LogP contribution in [-0.4, -0.2) is 45.3 Å². The van der Waals surface area contributed by atoms with E-state index in [-0.39, 0.29) is 29.3 Å². The fraction of sp³-hybridized carbons (Fsp3) is 0.542. The molecule has 30 heavy (non-hydrogen) atoms. The number of hydrogen-bond acceptors (Lipinski definition) is 3. The summed E-state index contributed by atoms with van der Waals surface area (Å²) >= 11 is 0. The summed E-state index contributed by atoms with van der Waals surface area (Å²) in [6.45, 7) is 3.11. The topological polar surface area (TPSA) is 62.6 Å². The summed E-state index contributed by atoms with van der Waals surface area (Å²) in [5.41, 5.74) is 1.47. The second kappa shape index (κ2) is 8.62. The first kappa shape index (κ1) is 20.6. The molecule has 1 aliphatic heterocycles. The van der Waals surface area contributed by atoms with E-state index in [1.807, 2.05) is 40.1 Å². The summed E-state index contributed by atoms with van der Waals surface area (Å²) < 4.78 is 1.67. The SMILES string of the molecule is CC(=O)N1CC[C@@H](N(Cc2cc3ccccc3n(C)c2=O)C(=O)C2CCCCC2)C1. The highest BCUT2D eigenvalue weighted by Crippen LogP contribution is 2.29. The van der Waals surface area contributed by atoms with Gasteiger partial charge in [0.2, 0.25) is 11.8 Å². The van der Waals surface area contributed by atoms with E-state index in [1.54, 1.807) is 18.5 Å². The van der Waals surface area contributed by atoms with Crippen LogP contribution in [0.1, 0.15) is 51.0 Å². The van der Waals surface area contributed by atoms with E-state index in [0.29, 0.717) is 25.2 Å². The van der Waals surface area contributed by atoms with Crippen molar-refractivity contribution in [3.63, 3.8) is 0 Å². The van der Waals surface area contributed by atoms with Gasteiger partial charge in [-0.3, -0.25) is 14.4 Å². The van der Waals surface area contributed by atoms with E-state index >= 15 is 0 Å². The van der Waals surface area contributed by atoms with Crippen LogP contribution >= 0.6 is 0 Å². The fourth-order valence-corrected chi connectivity index (χ4v) is 5.04. The fourth-order valence-electron chi connectivity index (χ4n) is 5.04. The second-order valence-electron chi connectivity index (χ2n) is 8.80. The van der Waals surface area contributed by atoms with Crippen LogP contribution in [0.25, 0.3) is 10.9 Å². The molecule has 1 saturated carbocycles. The molecule has 2 aliphatic rings. The molecule has 1 aromatic carbocycles. The minimum absolute atomic E-state index is 0.0282. The summed E-state index contributed by atoms with van der Waals surface area (Å²) in [4.78, 5) is 42.2. The van der Waals surface area contributed by atoms with Crippen LogP contribution in [0.15, 0.2) is 35.1 Å². The maximum absolute atomic E-state index is 13.5. The lowest BCUT2D eigenvalue weighted by atomic mass is 9.87. The van der Waals surface area contributed by atoms with Gasteiger partial charge in [-0.05, 0) is 36.8 Å². The van der Waals surface area contributed by atoms with Gasteiger partial charge in [-0.1, -0.05) is 37.5 Å². The van der Waals surface area contributed by atoms with Crippen LogP contribution in [-0.2, 0) is 23.2 Å². The zero-order valence-corrected chi connectivity index (χ0v) is 18.0. The number of likely N-dealkylation sites (tertiary alicyclic amines) is 1. The number of hydrogen-bond donors (Lipinski definition) is 0. The molecule has 4 rings (SSSR count). The summed E-state index contributed by atoms with van der Waals surface area (Å²) in [7, 11) is 1.79. The van der Waals surface area contributed by atoms with Gasteiger partial charge in [-0.2, -0.15) is 0 Å². The summed E-state index contributed by atoms with van der Waals surface area (Å²) in [5.74, 6) is 0.235. The molecule has 6 nitrogen and oxygen atoms in total. The molecule has 0 radical (unpaired) electrons. The molecule has 0 unspecified atom stereocenters. The van der Waals surface area contributed by atoms with Crippen molar-refractivity contribution in [2.75, 3.05) is 13.1 Å². The van der Waals surface area contributed by atoms with Crippen LogP contribution in [0.5, 0.6) is 0 Å². The average molecular weight is 410 g/mol. The predicted octanol–water partition coefficient (Wildman–Crippen LogP) is 3.07. The normalized spacial score (nSPS) is 19.9. The molecule has 6 heteroatoms. The molecular formula is C24H31N3O3. The van der Waals surface area contributed by atoms with Crippen LogP contribution in [0.2, 0.25) is 0 Å². The maximum Gasteiger partial charge on any atom is 0.255 e. The van der Waals surface area contributed by atoms with Crippen molar-refractivity contribution in [2.24, 2.45) is 13.0 Å². The first-order valence-electron chi connectivity index (χ1n) is 11.1. The van der Waals surface area contributed by atoms with E-state index in [1.165, 1.54) is 6.42 Å². The molecule has 0 spiro atoms. The molecule has 1 aliphatic carbocycles. The van der Waals surface area contributed by atoms with Crippen molar-refractivity contribution in [1.82, 2.24) is 14.4 Å². The van der Waals surface area contributed by atoms with Gasteiger partial charge in [0.25, 0.3) is 5.56 Å². The van der Waals surface area contributed by atoms with Gasteiger partial charge >= 0.3 is 0 Å². The average Bonchev–Trinajstić information content (AvgIpc) is 3.26. The largest absolute Gasteiger partial charge is 0.341 e. The summed E-state index contributed by atoms with van der Waals surface area (Å²) in [6.07, 6.45) is 5.99. The van der Waals surface area contributed by atoms with Crippen molar-refractivity contribution < 1.29 is 9.59 Å². The quantitative estimate of drug-likeness (QED) is 0.780. The van der Waals surface area contributed by atoms with Crippen LogP contribution < -0.4 is 5.56 Å². The van der Waals surface area contributed by atoms with Crippen molar-refractivity contribution in [1.29, 1.82) is 0 Å². The van der Waals surface area contributed by atoms with Crippen LogP contribution in [0, 0.1) is 5.92 Å². The number of nitrogens with zero attached hydrogens (tertiary/aromatic N) is 3. The third-order valence-electron chi connectivity index (χ3n) is 6.83. The minimum Gasteiger partial charge on any atom is -0.341 e. The minimum atomic E-state index is -0.0587. The number of aromatic nitrogens is 1. The Morgan fingerprint density at radius 1 is 1.10 bits per heavy atom. The Kier molecular flexibility index (Phi) is 5.93. The van der Waals surface area contributed by atoms with Gasteiger partial charge in [-0.15, -0.1) is 0 Å². The second-order valence-corrected chi connectivity index (χ2v) is 8.80. The van der Waals surface area contributed by atoms with E-state index in [2.05, 4.69) is 0 Å². The lowest BCUT2D eigenvalue weighted by molar-refractivity contribution is -0.140. The van der Waals surface area contributed by atoms with E-state index in [0.717, 1.165) is 43.0 Å². The molecule has 1 atom stereocenters. The highest BCUT2D eigenvalue weighted by Gasteiger charge is 2.35. The van der Waals surface area contributed by atoms with E-state index in [4.69, 9.17) is 0 Å². The molecule has 2 heterocycles. The molecular weight excluding hydrogens is 378 g/mol. The Morgan fingerprint density at radius 2 is 1.83 bits per heavy atom. The Balaban J connectivity index is 1.67. The number of benzene rings is 1. The van der Waals surface area contributed by atoms with E-state index in [9.17, 15) is 14.4 Å². The van der Waals surface area contributed by atoms with E-state index < -0.39 is 0 Å². The molecule has 0 N–H and O–H groups in total. The first-order chi connectivity index (χ1) is 14.5. The third-order valence-corrected chi connectivity index (χ3v) is 6.83. The highest BCUT2D eigenvalue weighted by molar-refractivity contribution is 5.81. The molecule has 1 aromatic heterocycles. The van der Waals surface area contributed by atoms with Crippen molar-refractivity contribution in [2.45, 2.75) is 58.0 Å². The Labute approximate surface area is 177 Å². The molecule has 2 aromatic rings. The van der Waals surface area contributed by atoms with Crippen LogP contribution in [0.4, 0.5) is 0 Å². The molecule has 2 fully saturated rings. The number of aryl methyl sites for hydroxylation is 1. The highest BCUT2D eigenvalue weighted by atomic mass is 16.2. The van der Waals surface area contributed by atoms with Gasteiger partial charge in [0.1, 0.15) is 0 Å². The smallest absolute Gasteiger partial charge is 0.255 e. The maximum atomic E-state index is 13.5. The molecule has 160 valence electrons. The summed E-state index contributed by atoms with van der Waals surface area (Å²) in [5, 5.41) is 0.997. The van der Waals surface area contributed by atoms with Gasteiger partial charge in [-0.25, -0.2) is 0 Å². The standard InChI is InChI=1S/C24H31N3O3/c1-17(28)26-13-12-21(16-26)27(24(30)18-8-4-3-5-9-18)15-20-14-19-10-6-7-11-22(19)25(2)23(20)29/h6-7,10-11,14,18,21H,3-5,8-9,12-13,15-16H2,1-2H3/t21-/m1/s1. The van der Waals surface area contributed by atoms with Gasteiger partial charge in [0.15, 0.2) is 0 Å². The lowest BCUT2D eigenvalue weighted by Gasteiger charge is -2.34. The number of fused-ring (bicyclic) bond motifs is 1. The number of pyridine rings is 1. The number of para-hydroxylation sites is 1. The monoisotopic (exact) mass is 409 g/mol. The lowest BCUT2D eigenvalue weighted by Crippen LogP contribution is -2.46. The number of rotatable bonds is 4. The first-order valence-corrected chi connectivity index (χ1v) is 11.1. The van der Waals surface area contributed by atoms with Crippen molar-refractivity contribution >= 4 is 22.7 Å². The molecule has 2 amide bonds. The number of carbonyl (C=O) groups is 2. The Hall–Kier alpha value is -2.63. The van der Waals surface area contributed by atoms with Gasteiger partial charge < -0.3 is 14.4 Å². The molecule has 0 bridgehead atoms. The molecule has 1 saturated heterocycles. The third kappa shape index (κ3) is 4.00. The summed E-state index contributed by atoms with van der Waals surface area (Å²) in [6, 6.07) is 9.72. The zero-order valence-electron chi connectivity index (χ0n) is 18.0. The zero-order chi connectivity index (χ0) is 21.3. The van der Waals surface area contributed by atoms with Crippen LogP contribution in [0.3, 0.4) is 0 Å². The van der Waals surface area contributed by atoms with Gasteiger partial charge in [0, 0.05) is 38.5 Å². The Morgan fingerprint density at radius 3 is 2.53 bits per heavy atom. The van der Waals surface area contributed by atoms with Crippen molar-refractivity contribution in [3.8, 4) is 0 Å².